The highest BCUT2D eigenvalue weighted by Gasteiger charge is 2.25. The molecule has 0 amide bonds. The molecule has 3 nitrogen and oxygen atoms in total. The van der Waals surface area contributed by atoms with Crippen LogP contribution in [0, 0.1) is 11.3 Å². The molecule has 1 fully saturated rings. The molecule has 0 spiro atoms. The fraction of sp³-hybridized carbons (Fsp3) is 1.00. The Morgan fingerprint density at radius 2 is 1.84 bits per heavy atom. The van der Waals surface area contributed by atoms with Gasteiger partial charge < -0.3 is 15.1 Å². The fourth-order valence-electron chi connectivity index (χ4n) is 2.97. The van der Waals surface area contributed by atoms with E-state index in [2.05, 4.69) is 63.8 Å². The summed E-state index contributed by atoms with van der Waals surface area (Å²) in [6.07, 6.45) is 1.36. The van der Waals surface area contributed by atoms with Crippen molar-refractivity contribution in [2.75, 3.05) is 46.8 Å². The number of likely N-dealkylation sites (tertiary alicyclic amines) is 1. The largest absolute Gasteiger partial charge is 0.311 e. The molecule has 0 aliphatic carbocycles. The zero-order valence-electron chi connectivity index (χ0n) is 14.2. The van der Waals surface area contributed by atoms with Crippen LogP contribution in [0.4, 0.5) is 0 Å². The zero-order valence-corrected chi connectivity index (χ0v) is 14.2. The van der Waals surface area contributed by atoms with Gasteiger partial charge in [0.15, 0.2) is 0 Å². The number of nitrogens with one attached hydrogen (secondary N) is 1. The van der Waals surface area contributed by atoms with Crippen LogP contribution in [0.1, 0.15) is 41.0 Å². The molecule has 19 heavy (non-hydrogen) atoms. The van der Waals surface area contributed by atoms with Crippen LogP contribution in [0.5, 0.6) is 0 Å². The SMILES string of the molecule is CN1CCC(CN(C)CC(C)(C)CNC(C)(C)C)C1. The summed E-state index contributed by atoms with van der Waals surface area (Å²) in [5.74, 6) is 0.862. The second-order valence-corrected chi connectivity index (χ2v) is 8.38. The highest BCUT2D eigenvalue weighted by Crippen LogP contribution is 2.20. The Kier molecular flexibility index (Phi) is 5.84. The molecule has 1 unspecified atom stereocenters. The van der Waals surface area contributed by atoms with E-state index in [4.69, 9.17) is 0 Å². The van der Waals surface area contributed by atoms with E-state index >= 15 is 0 Å². The molecular weight excluding hydrogens is 234 g/mol. The summed E-state index contributed by atoms with van der Waals surface area (Å²) in [6.45, 7) is 17.5. The molecule has 1 N–H and O–H groups in total. The van der Waals surface area contributed by atoms with Gasteiger partial charge in [-0.1, -0.05) is 13.8 Å². The van der Waals surface area contributed by atoms with Gasteiger partial charge in [-0.05, 0) is 59.2 Å². The van der Waals surface area contributed by atoms with Crippen LogP contribution in [-0.2, 0) is 0 Å². The van der Waals surface area contributed by atoms with Crippen LogP contribution < -0.4 is 5.32 Å². The summed E-state index contributed by atoms with van der Waals surface area (Å²) in [5.41, 5.74) is 0.538. The normalized spacial score (nSPS) is 22.4. The van der Waals surface area contributed by atoms with Crippen LogP contribution >= 0.6 is 0 Å². The first-order chi connectivity index (χ1) is 8.57. The molecule has 114 valence electrons. The maximum absolute atomic E-state index is 3.63. The zero-order chi connectivity index (χ0) is 14.7. The van der Waals surface area contributed by atoms with E-state index < -0.39 is 0 Å². The Labute approximate surface area is 120 Å². The summed E-state index contributed by atoms with van der Waals surface area (Å²) < 4.78 is 0. The molecule has 0 radical (unpaired) electrons. The third-order valence-corrected chi connectivity index (χ3v) is 3.85. The Hall–Kier alpha value is -0.120. The van der Waals surface area contributed by atoms with E-state index in [0.29, 0.717) is 5.41 Å². The lowest BCUT2D eigenvalue weighted by atomic mass is 9.91. The van der Waals surface area contributed by atoms with Crippen LogP contribution in [-0.4, -0.2) is 62.2 Å². The standard InChI is InChI=1S/C16H35N3/c1-15(2,3)17-12-16(4,5)13-19(7)11-14-8-9-18(6)10-14/h14,17H,8-13H2,1-7H3. The van der Waals surface area contributed by atoms with Gasteiger partial charge >= 0.3 is 0 Å². The summed E-state index contributed by atoms with van der Waals surface area (Å²) in [5, 5.41) is 3.63. The molecule has 3 heteroatoms. The van der Waals surface area contributed by atoms with E-state index in [9.17, 15) is 0 Å². The molecular formula is C16H35N3. The van der Waals surface area contributed by atoms with Gasteiger partial charge in [0.1, 0.15) is 0 Å². The average Bonchev–Trinajstić information content (AvgIpc) is 2.59. The maximum Gasteiger partial charge on any atom is 0.00967 e. The van der Waals surface area contributed by atoms with E-state index in [1.807, 2.05) is 0 Å². The second-order valence-electron chi connectivity index (χ2n) is 8.38. The molecule has 0 aromatic heterocycles. The van der Waals surface area contributed by atoms with Gasteiger partial charge in [0, 0.05) is 31.7 Å². The molecule has 1 saturated heterocycles. The lowest BCUT2D eigenvalue weighted by Gasteiger charge is -2.34. The number of hydrogen-bond donors (Lipinski definition) is 1. The first kappa shape index (κ1) is 16.9. The minimum atomic E-state index is 0.212. The van der Waals surface area contributed by atoms with Crippen LogP contribution in [0.2, 0.25) is 0 Å². The number of nitrogens with zero attached hydrogens (tertiary/aromatic N) is 2. The number of hydrogen-bond acceptors (Lipinski definition) is 3. The minimum Gasteiger partial charge on any atom is -0.311 e. The van der Waals surface area contributed by atoms with Gasteiger partial charge in [0.2, 0.25) is 0 Å². The highest BCUT2D eigenvalue weighted by atomic mass is 15.2. The van der Waals surface area contributed by atoms with Crippen LogP contribution in [0.15, 0.2) is 0 Å². The van der Waals surface area contributed by atoms with Crippen molar-refractivity contribution in [3.05, 3.63) is 0 Å². The lowest BCUT2D eigenvalue weighted by Crippen LogP contribution is -2.46. The molecule has 1 atom stereocenters. The summed E-state index contributed by atoms with van der Waals surface area (Å²) >= 11 is 0. The molecule has 1 heterocycles. The van der Waals surface area contributed by atoms with Crippen molar-refractivity contribution < 1.29 is 0 Å². The molecule has 0 saturated carbocycles. The van der Waals surface area contributed by atoms with Crippen LogP contribution in [0.25, 0.3) is 0 Å². The Morgan fingerprint density at radius 1 is 1.21 bits per heavy atom. The smallest absolute Gasteiger partial charge is 0.00967 e. The molecule has 1 aliphatic heterocycles. The highest BCUT2D eigenvalue weighted by molar-refractivity contribution is 4.82. The molecule has 0 aromatic carbocycles. The molecule has 1 rings (SSSR count). The monoisotopic (exact) mass is 269 g/mol. The Morgan fingerprint density at radius 3 is 2.32 bits per heavy atom. The third kappa shape index (κ3) is 7.28. The van der Waals surface area contributed by atoms with Crippen molar-refractivity contribution in [3.8, 4) is 0 Å². The van der Waals surface area contributed by atoms with Gasteiger partial charge in [-0.2, -0.15) is 0 Å². The summed E-state index contributed by atoms with van der Waals surface area (Å²) in [6, 6.07) is 0. The Bertz CT molecular complexity index is 268. The fourth-order valence-corrected chi connectivity index (χ4v) is 2.97. The molecule has 0 aromatic rings. The van der Waals surface area contributed by atoms with E-state index in [0.717, 1.165) is 19.0 Å². The Balaban J connectivity index is 2.31. The lowest BCUT2D eigenvalue weighted by molar-refractivity contribution is 0.173. The van der Waals surface area contributed by atoms with Crippen molar-refractivity contribution in [2.24, 2.45) is 11.3 Å². The van der Waals surface area contributed by atoms with Crippen molar-refractivity contribution >= 4 is 0 Å². The van der Waals surface area contributed by atoms with Crippen molar-refractivity contribution in [2.45, 2.75) is 46.6 Å². The number of rotatable bonds is 6. The molecule has 1 aliphatic rings. The third-order valence-electron chi connectivity index (χ3n) is 3.85. The van der Waals surface area contributed by atoms with Gasteiger partial charge in [-0.15, -0.1) is 0 Å². The predicted octanol–water partition coefficient (Wildman–Crippen LogP) is 2.28. The van der Waals surface area contributed by atoms with E-state index in [-0.39, 0.29) is 5.54 Å². The predicted molar refractivity (Wildman–Crippen MR) is 84.6 cm³/mol. The first-order valence-corrected chi connectivity index (χ1v) is 7.69. The van der Waals surface area contributed by atoms with Gasteiger partial charge in [0.05, 0.1) is 0 Å². The van der Waals surface area contributed by atoms with E-state index in [1.54, 1.807) is 0 Å². The quantitative estimate of drug-likeness (QED) is 0.798. The van der Waals surface area contributed by atoms with Crippen LogP contribution in [0.3, 0.4) is 0 Å². The minimum absolute atomic E-state index is 0.212. The average molecular weight is 269 g/mol. The van der Waals surface area contributed by atoms with Crippen molar-refractivity contribution in [1.29, 1.82) is 0 Å². The van der Waals surface area contributed by atoms with Crippen molar-refractivity contribution in [1.82, 2.24) is 15.1 Å². The summed E-state index contributed by atoms with van der Waals surface area (Å²) in [7, 11) is 4.51. The van der Waals surface area contributed by atoms with Gasteiger partial charge in [-0.25, -0.2) is 0 Å². The summed E-state index contributed by atoms with van der Waals surface area (Å²) in [4.78, 5) is 4.97. The van der Waals surface area contributed by atoms with Crippen molar-refractivity contribution in [3.63, 3.8) is 0 Å². The van der Waals surface area contributed by atoms with Gasteiger partial charge in [-0.3, -0.25) is 0 Å². The van der Waals surface area contributed by atoms with E-state index in [1.165, 1.54) is 26.1 Å². The first-order valence-electron chi connectivity index (χ1n) is 7.69. The second kappa shape index (κ2) is 6.55. The topological polar surface area (TPSA) is 18.5 Å². The van der Waals surface area contributed by atoms with Gasteiger partial charge in [0.25, 0.3) is 0 Å². The molecule has 0 bridgehead atoms. The maximum atomic E-state index is 3.63.